The second kappa shape index (κ2) is 11.3. The quantitative estimate of drug-likeness (QED) is 0.564. The zero-order valence-electron chi connectivity index (χ0n) is 15.7. The van der Waals surface area contributed by atoms with Gasteiger partial charge in [-0.25, -0.2) is 0 Å². The summed E-state index contributed by atoms with van der Waals surface area (Å²) in [5, 5.41) is 2.95. The lowest BCUT2D eigenvalue weighted by Gasteiger charge is -2.18. The predicted molar refractivity (Wildman–Crippen MR) is 105 cm³/mol. The van der Waals surface area contributed by atoms with Gasteiger partial charge in [0.2, 0.25) is 0 Å². The number of ether oxygens (including phenoxy) is 2. The number of benzene rings is 2. The molecular weight excluding hydrogens is 326 g/mol. The molecule has 0 aromatic heterocycles. The van der Waals surface area contributed by atoms with E-state index in [0.29, 0.717) is 6.61 Å². The van der Waals surface area contributed by atoms with E-state index in [1.165, 1.54) is 12.8 Å². The van der Waals surface area contributed by atoms with E-state index < -0.39 is 6.10 Å². The lowest BCUT2D eigenvalue weighted by molar-refractivity contribution is -0.128. The molecule has 0 bridgehead atoms. The van der Waals surface area contributed by atoms with Gasteiger partial charge in [-0.2, -0.15) is 0 Å². The molecule has 26 heavy (non-hydrogen) atoms. The largest absolute Gasteiger partial charge is 0.497 e. The van der Waals surface area contributed by atoms with E-state index >= 15 is 0 Å². The first kappa shape index (κ1) is 20.0. The number of anilines is 1. The first-order chi connectivity index (χ1) is 12.7. The van der Waals surface area contributed by atoms with E-state index in [2.05, 4.69) is 12.2 Å². The maximum absolute atomic E-state index is 12.7. The molecule has 0 saturated heterocycles. The Morgan fingerprint density at radius 2 is 1.73 bits per heavy atom. The number of carbonyl (C=O) groups excluding carboxylic acids is 1. The van der Waals surface area contributed by atoms with E-state index in [0.717, 1.165) is 36.3 Å². The summed E-state index contributed by atoms with van der Waals surface area (Å²) in [5.41, 5.74) is 1.82. The van der Waals surface area contributed by atoms with Crippen molar-refractivity contribution in [2.24, 2.45) is 0 Å². The molecule has 1 N–H and O–H groups in total. The Hall–Kier alpha value is -2.33. The first-order valence-electron chi connectivity index (χ1n) is 9.33. The number of amides is 1. The summed E-state index contributed by atoms with van der Waals surface area (Å²) in [6.07, 6.45) is 4.75. The molecule has 1 atom stereocenters. The van der Waals surface area contributed by atoms with Crippen LogP contribution in [0.5, 0.6) is 5.75 Å². The Bertz CT molecular complexity index is 640. The molecule has 1 unspecified atom stereocenters. The Balaban J connectivity index is 1.94. The van der Waals surface area contributed by atoms with Crippen molar-refractivity contribution in [1.82, 2.24) is 0 Å². The molecule has 0 saturated carbocycles. The minimum atomic E-state index is -0.450. The molecule has 4 nitrogen and oxygen atoms in total. The summed E-state index contributed by atoms with van der Waals surface area (Å²) in [7, 11) is 1.62. The summed E-state index contributed by atoms with van der Waals surface area (Å²) in [6.45, 7) is 2.62. The van der Waals surface area contributed by atoms with Gasteiger partial charge in [0.25, 0.3) is 5.91 Å². The summed E-state index contributed by atoms with van der Waals surface area (Å²) in [5.74, 6) is 0.669. The maximum atomic E-state index is 12.7. The molecule has 0 radical (unpaired) electrons. The van der Waals surface area contributed by atoms with Gasteiger partial charge in [-0.05, 0) is 36.2 Å². The highest BCUT2D eigenvalue weighted by Crippen LogP contribution is 2.17. The topological polar surface area (TPSA) is 47.6 Å². The van der Waals surface area contributed by atoms with Crippen molar-refractivity contribution in [3.63, 3.8) is 0 Å². The minimum Gasteiger partial charge on any atom is -0.497 e. The standard InChI is InChI=1S/C22H29NO3/c1-3-4-5-9-12-21(26-17-18-10-7-6-8-11-18)22(24)23-19-13-15-20(25-2)16-14-19/h6-8,10-11,13-16,21H,3-5,9,12,17H2,1-2H3,(H,23,24). The van der Waals surface area contributed by atoms with Gasteiger partial charge in [0.05, 0.1) is 13.7 Å². The number of carbonyl (C=O) groups is 1. The fraction of sp³-hybridized carbons (Fsp3) is 0.409. The van der Waals surface area contributed by atoms with Crippen LogP contribution in [0.15, 0.2) is 54.6 Å². The van der Waals surface area contributed by atoms with Crippen molar-refractivity contribution < 1.29 is 14.3 Å². The van der Waals surface area contributed by atoms with Crippen LogP contribution in [0.25, 0.3) is 0 Å². The summed E-state index contributed by atoms with van der Waals surface area (Å²) >= 11 is 0. The van der Waals surface area contributed by atoms with Crippen LogP contribution in [0.2, 0.25) is 0 Å². The van der Waals surface area contributed by atoms with Crippen LogP contribution in [0.4, 0.5) is 5.69 Å². The summed E-state index contributed by atoms with van der Waals surface area (Å²) in [6, 6.07) is 17.3. The zero-order valence-corrected chi connectivity index (χ0v) is 15.7. The number of methoxy groups -OCH3 is 1. The normalized spacial score (nSPS) is 11.8. The van der Waals surface area contributed by atoms with Crippen LogP contribution >= 0.6 is 0 Å². The van der Waals surface area contributed by atoms with E-state index in [1.807, 2.05) is 54.6 Å². The van der Waals surface area contributed by atoms with Gasteiger partial charge in [0.15, 0.2) is 0 Å². The molecule has 4 heteroatoms. The smallest absolute Gasteiger partial charge is 0.253 e. The third kappa shape index (κ3) is 6.89. The number of rotatable bonds is 11. The summed E-state index contributed by atoms with van der Waals surface area (Å²) in [4.78, 5) is 12.7. The molecule has 0 aliphatic carbocycles. The van der Waals surface area contributed by atoms with Gasteiger partial charge in [-0.15, -0.1) is 0 Å². The average Bonchev–Trinajstić information content (AvgIpc) is 2.68. The van der Waals surface area contributed by atoms with E-state index in [1.54, 1.807) is 7.11 Å². The average molecular weight is 355 g/mol. The van der Waals surface area contributed by atoms with Crippen LogP contribution in [-0.4, -0.2) is 19.1 Å². The van der Waals surface area contributed by atoms with Gasteiger partial charge in [-0.1, -0.05) is 62.9 Å². The molecule has 0 heterocycles. The van der Waals surface area contributed by atoms with Crippen molar-refractivity contribution >= 4 is 11.6 Å². The minimum absolute atomic E-state index is 0.0948. The van der Waals surface area contributed by atoms with Crippen molar-refractivity contribution in [2.75, 3.05) is 12.4 Å². The van der Waals surface area contributed by atoms with Gasteiger partial charge >= 0.3 is 0 Å². The molecule has 0 aliphatic heterocycles. The van der Waals surface area contributed by atoms with Crippen LogP contribution in [0.3, 0.4) is 0 Å². The first-order valence-corrected chi connectivity index (χ1v) is 9.33. The number of hydrogen-bond acceptors (Lipinski definition) is 3. The maximum Gasteiger partial charge on any atom is 0.253 e. The van der Waals surface area contributed by atoms with Gasteiger partial charge in [0.1, 0.15) is 11.9 Å². The predicted octanol–water partition coefficient (Wildman–Crippen LogP) is 5.19. The Labute approximate surface area is 156 Å². The molecule has 0 aliphatic rings. The lowest BCUT2D eigenvalue weighted by Crippen LogP contribution is -2.30. The fourth-order valence-electron chi connectivity index (χ4n) is 2.71. The van der Waals surface area contributed by atoms with Crippen LogP contribution < -0.4 is 10.1 Å². The number of hydrogen-bond donors (Lipinski definition) is 1. The third-order valence-corrected chi connectivity index (χ3v) is 4.26. The Kier molecular flexibility index (Phi) is 8.70. The molecule has 1 amide bonds. The Morgan fingerprint density at radius 1 is 1.00 bits per heavy atom. The molecule has 2 aromatic carbocycles. The lowest BCUT2D eigenvalue weighted by atomic mass is 10.1. The van der Waals surface area contributed by atoms with Gasteiger partial charge in [0, 0.05) is 5.69 Å². The molecule has 0 fully saturated rings. The molecule has 0 spiro atoms. The third-order valence-electron chi connectivity index (χ3n) is 4.26. The summed E-state index contributed by atoms with van der Waals surface area (Å²) < 4.78 is 11.1. The Morgan fingerprint density at radius 3 is 2.38 bits per heavy atom. The highest BCUT2D eigenvalue weighted by atomic mass is 16.5. The van der Waals surface area contributed by atoms with Crippen LogP contribution in [0.1, 0.15) is 44.6 Å². The fourth-order valence-corrected chi connectivity index (χ4v) is 2.71. The van der Waals surface area contributed by atoms with Crippen LogP contribution in [0, 0.1) is 0 Å². The zero-order chi connectivity index (χ0) is 18.6. The van der Waals surface area contributed by atoms with E-state index in [9.17, 15) is 4.79 Å². The molecular formula is C22H29NO3. The SMILES string of the molecule is CCCCCCC(OCc1ccccc1)C(=O)Nc1ccc(OC)cc1. The molecule has 140 valence electrons. The molecule has 2 aromatic rings. The van der Waals surface area contributed by atoms with Crippen molar-refractivity contribution in [3.05, 3.63) is 60.2 Å². The highest BCUT2D eigenvalue weighted by molar-refractivity contribution is 5.94. The van der Waals surface area contributed by atoms with Gasteiger partial charge < -0.3 is 14.8 Å². The number of nitrogens with one attached hydrogen (secondary N) is 1. The monoisotopic (exact) mass is 355 g/mol. The van der Waals surface area contributed by atoms with Crippen molar-refractivity contribution in [2.45, 2.75) is 51.7 Å². The molecule has 2 rings (SSSR count). The second-order valence-electron chi connectivity index (χ2n) is 6.35. The highest BCUT2D eigenvalue weighted by Gasteiger charge is 2.19. The van der Waals surface area contributed by atoms with Gasteiger partial charge in [-0.3, -0.25) is 4.79 Å². The van der Waals surface area contributed by atoms with E-state index in [-0.39, 0.29) is 5.91 Å². The van der Waals surface area contributed by atoms with E-state index in [4.69, 9.17) is 9.47 Å². The van der Waals surface area contributed by atoms with Crippen molar-refractivity contribution in [1.29, 1.82) is 0 Å². The van der Waals surface area contributed by atoms with Crippen molar-refractivity contribution in [3.8, 4) is 5.75 Å². The second-order valence-corrected chi connectivity index (χ2v) is 6.35. The number of unbranched alkanes of at least 4 members (excludes halogenated alkanes) is 3. The van der Waals surface area contributed by atoms with Crippen LogP contribution in [-0.2, 0) is 16.1 Å².